The Morgan fingerprint density at radius 3 is 2.52 bits per heavy atom. The Morgan fingerprint density at radius 1 is 1.15 bits per heavy atom. The molecule has 33 heavy (non-hydrogen) atoms. The lowest BCUT2D eigenvalue weighted by molar-refractivity contribution is -0.141. The zero-order valence-corrected chi connectivity index (χ0v) is 20.3. The van der Waals surface area contributed by atoms with Gasteiger partial charge in [0.05, 0.1) is 18.0 Å². The van der Waals surface area contributed by atoms with Gasteiger partial charge in [-0.3, -0.25) is 14.4 Å². The van der Waals surface area contributed by atoms with Crippen molar-refractivity contribution in [1.82, 2.24) is 15.5 Å². The Bertz CT molecular complexity index is 914. The zero-order valence-electron chi connectivity index (χ0n) is 18.7. The number of methoxy groups -OCH3 is 1. The Morgan fingerprint density at radius 2 is 1.88 bits per heavy atom. The lowest BCUT2D eigenvalue weighted by Crippen LogP contribution is -2.50. The minimum absolute atomic E-state index is 0.0963. The Kier molecular flexibility index (Phi) is 9.72. The SMILES string of the molecule is COCCN(C(=O)CNC(=O)c1cccs1)[C@H](C(=O)NC1CCCCC1)c1ccc(Cl)cc1. The molecule has 3 amide bonds. The van der Waals surface area contributed by atoms with Gasteiger partial charge in [0.1, 0.15) is 6.04 Å². The fourth-order valence-corrected chi connectivity index (χ4v) is 4.75. The van der Waals surface area contributed by atoms with Gasteiger partial charge in [-0.1, -0.05) is 49.1 Å². The summed E-state index contributed by atoms with van der Waals surface area (Å²) in [5, 5.41) is 8.15. The van der Waals surface area contributed by atoms with Gasteiger partial charge >= 0.3 is 0 Å². The van der Waals surface area contributed by atoms with Gasteiger partial charge < -0.3 is 20.3 Å². The lowest BCUT2D eigenvalue weighted by atomic mass is 9.94. The molecule has 0 bridgehead atoms. The molecule has 1 heterocycles. The molecule has 1 fully saturated rings. The van der Waals surface area contributed by atoms with Crippen molar-refractivity contribution in [2.24, 2.45) is 0 Å². The highest BCUT2D eigenvalue weighted by molar-refractivity contribution is 7.12. The molecule has 0 spiro atoms. The summed E-state index contributed by atoms with van der Waals surface area (Å²) in [7, 11) is 1.54. The van der Waals surface area contributed by atoms with Crippen LogP contribution in [-0.2, 0) is 14.3 Å². The van der Waals surface area contributed by atoms with Crippen LogP contribution < -0.4 is 10.6 Å². The molecule has 1 atom stereocenters. The molecule has 2 N–H and O–H groups in total. The van der Waals surface area contributed by atoms with Crippen LogP contribution in [0.1, 0.15) is 53.4 Å². The molecule has 1 aromatic carbocycles. The predicted octanol–water partition coefficient (Wildman–Crippen LogP) is 3.80. The van der Waals surface area contributed by atoms with Gasteiger partial charge in [0.25, 0.3) is 5.91 Å². The first-order valence-electron chi connectivity index (χ1n) is 11.2. The average molecular weight is 492 g/mol. The number of hydrogen-bond donors (Lipinski definition) is 2. The number of carbonyl (C=O) groups is 3. The molecule has 1 aromatic heterocycles. The summed E-state index contributed by atoms with van der Waals surface area (Å²) in [6.45, 7) is 0.238. The first-order chi connectivity index (χ1) is 16.0. The molecular weight excluding hydrogens is 462 g/mol. The van der Waals surface area contributed by atoms with E-state index < -0.39 is 6.04 Å². The summed E-state index contributed by atoms with van der Waals surface area (Å²) in [6, 6.07) is 9.63. The summed E-state index contributed by atoms with van der Waals surface area (Å²) in [4.78, 5) is 41.0. The van der Waals surface area contributed by atoms with Gasteiger partial charge in [-0.2, -0.15) is 0 Å². The van der Waals surface area contributed by atoms with Crippen molar-refractivity contribution in [2.75, 3.05) is 26.8 Å². The monoisotopic (exact) mass is 491 g/mol. The van der Waals surface area contributed by atoms with E-state index in [4.69, 9.17) is 16.3 Å². The van der Waals surface area contributed by atoms with Crippen molar-refractivity contribution in [3.05, 3.63) is 57.2 Å². The van der Waals surface area contributed by atoms with E-state index in [9.17, 15) is 14.4 Å². The van der Waals surface area contributed by atoms with Gasteiger partial charge in [-0.15, -0.1) is 11.3 Å². The van der Waals surface area contributed by atoms with Crippen LogP contribution in [0, 0.1) is 0 Å². The van der Waals surface area contributed by atoms with Crippen molar-refractivity contribution in [1.29, 1.82) is 0 Å². The van der Waals surface area contributed by atoms with Crippen molar-refractivity contribution in [2.45, 2.75) is 44.2 Å². The summed E-state index contributed by atoms with van der Waals surface area (Å²) in [5.41, 5.74) is 0.654. The van der Waals surface area contributed by atoms with Gasteiger partial charge in [0.2, 0.25) is 11.8 Å². The predicted molar refractivity (Wildman–Crippen MR) is 129 cm³/mol. The molecule has 1 aliphatic rings. The number of rotatable bonds is 10. The third-order valence-electron chi connectivity index (χ3n) is 5.70. The van der Waals surface area contributed by atoms with E-state index in [0.29, 0.717) is 15.5 Å². The lowest BCUT2D eigenvalue weighted by Gasteiger charge is -2.33. The molecule has 0 radical (unpaired) electrons. The molecule has 0 unspecified atom stereocenters. The normalized spacial score (nSPS) is 15.0. The van der Waals surface area contributed by atoms with E-state index in [2.05, 4.69) is 10.6 Å². The number of ether oxygens (including phenoxy) is 1. The first-order valence-corrected chi connectivity index (χ1v) is 12.4. The minimum atomic E-state index is -0.856. The van der Waals surface area contributed by atoms with Gasteiger partial charge in [-0.25, -0.2) is 0 Å². The van der Waals surface area contributed by atoms with E-state index >= 15 is 0 Å². The largest absolute Gasteiger partial charge is 0.383 e. The second kappa shape index (κ2) is 12.7. The number of nitrogens with one attached hydrogen (secondary N) is 2. The maximum absolute atomic E-state index is 13.5. The summed E-state index contributed by atoms with van der Waals surface area (Å²) in [5.74, 6) is -0.922. The fourth-order valence-electron chi connectivity index (χ4n) is 3.98. The molecule has 0 saturated heterocycles. The van der Waals surface area contributed by atoms with Crippen LogP contribution >= 0.6 is 22.9 Å². The second-order valence-corrected chi connectivity index (χ2v) is 9.42. The molecule has 3 rings (SSSR count). The number of hydrogen-bond acceptors (Lipinski definition) is 5. The quantitative estimate of drug-likeness (QED) is 0.529. The number of halogens is 1. The van der Waals surface area contributed by atoms with Gasteiger partial charge in [0, 0.05) is 24.7 Å². The molecular formula is C24H30ClN3O4S. The van der Waals surface area contributed by atoms with Crippen LogP contribution in [-0.4, -0.2) is 55.5 Å². The standard InChI is InChI=1S/C24H30ClN3O4S/c1-32-14-13-28(21(29)16-26-23(30)20-8-5-15-33-20)22(17-9-11-18(25)12-10-17)24(31)27-19-6-3-2-4-7-19/h5,8-12,15,19,22H,2-4,6-7,13-14,16H2,1H3,(H,26,30)(H,27,31)/t22-/m0/s1. The highest BCUT2D eigenvalue weighted by atomic mass is 35.5. The summed E-state index contributed by atoms with van der Waals surface area (Å²) >= 11 is 7.36. The highest BCUT2D eigenvalue weighted by Crippen LogP contribution is 2.25. The van der Waals surface area contributed by atoms with Crippen LogP contribution in [0.4, 0.5) is 0 Å². The van der Waals surface area contributed by atoms with E-state index in [0.717, 1.165) is 25.7 Å². The van der Waals surface area contributed by atoms with Crippen molar-refractivity contribution in [3.63, 3.8) is 0 Å². The van der Waals surface area contributed by atoms with Crippen molar-refractivity contribution in [3.8, 4) is 0 Å². The molecule has 1 aliphatic carbocycles. The Balaban J connectivity index is 1.81. The Hall–Kier alpha value is -2.42. The van der Waals surface area contributed by atoms with E-state index in [1.165, 1.54) is 22.7 Å². The smallest absolute Gasteiger partial charge is 0.261 e. The number of carbonyl (C=O) groups excluding carboxylic acids is 3. The molecule has 1 saturated carbocycles. The van der Waals surface area contributed by atoms with E-state index in [1.807, 2.05) is 0 Å². The third kappa shape index (κ3) is 7.28. The number of nitrogens with zero attached hydrogens (tertiary/aromatic N) is 1. The van der Waals surface area contributed by atoms with Crippen LogP contribution in [0.2, 0.25) is 5.02 Å². The maximum Gasteiger partial charge on any atom is 0.261 e. The average Bonchev–Trinajstić information content (AvgIpc) is 3.36. The molecule has 0 aliphatic heterocycles. The Labute approximate surface area is 203 Å². The second-order valence-electron chi connectivity index (χ2n) is 8.04. The van der Waals surface area contributed by atoms with Gasteiger partial charge in [0.15, 0.2) is 0 Å². The number of benzene rings is 1. The van der Waals surface area contributed by atoms with Crippen LogP contribution in [0.5, 0.6) is 0 Å². The van der Waals surface area contributed by atoms with Crippen molar-refractivity contribution < 1.29 is 19.1 Å². The molecule has 7 nitrogen and oxygen atoms in total. The van der Waals surface area contributed by atoms with E-state index in [-0.39, 0.29) is 43.5 Å². The van der Waals surface area contributed by atoms with Gasteiger partial charge in [-0.05, 0) is 42.0 Å². The summed E-state index contributed by atoms with van der Waals surface area (Å²) in [6.07, 6.45) is 5.20. The molecule has 9 heteroatoms. The zero-order chi connectivity index (χ0) is 23.6. The first kappa shape index (κ1) is 25.2. The maximum atomic E-state index is 13.5. The van der Waals surface area contributed by atoms with Crippen LogP contribution in [0.25, 0.3) is 0 Å². The van der Waals surface area contributed by atoms with Crippen LogP contribution in [0.3, 0.4) is 0 Å². The molecule has 178 valence electrons. The summed E-state index contributed by atoms with van der Waals surface area (Å²) < 4.78 is 5.21. The highest BCUT2D eigenvalue weighted by Gasteiger charge is 2.32. The van der Waals surface area contributed by atoms with Crippen molar-refractivity contribution >= 4 is 40.7 Å². The number of thiophene rings is 1. The fraction of sp³-hybridized carbons (Fsp3) is 0.458. The minimum Gasteiger partial charge on any atom is -0.383 e. The number of amides is 3. The van der Waals surface area contributed by atoms with E-state index in [1.54, 1.807) is 48.9 Å². The topological polar surface area (TPSA) is 87.7 Å². The molecule has 2 aromatic rings. The third-order valence-corrected chi connectivity index (χ3v) is 6.82. The van der Waals surface area contributed by atoms with Crippen LogP contribution in [0.15, 0.2) is 41.8 Å².